The van der Waals surface area contributed by atoms with E-state index in [1.807, 2.05) is 4.90 Å². The monoisotopic (exact) mass is 234 g/mol. The fourth-order valence-corrected chi connectivity index (χ4v) is 1.96. The Morgan fingerprint density at radius 2 is 2.12 bits per heavy atom. The minimum absolute atomic E-state index is 0.0125. The van der Waals surface area contributed by atoms with Crippen molar-refractivity contribution in [1.29, 1.82) is 0 Å². The molecule has 1 aliphatic heterocycles. The average Bonchev–Trinajstić information content (AvgIpc) is 2.39. The Labute approximate surface area is 101 Å². The molecule has 0 radical (unpaired) electrons. The molecule has 0 atom stereocenters. The van der Waals surface area contributed by atoms with Crippen LogP contribution >= 0.6 is 0 Å². The molecule has 0 saturated carbocycles. The molecule has 1 amide bonds. The average molecular weight is 234 g/mol. The van der Waals surface area contributed by atoms with Gasteiger partial charge < -0.3 is 10.2 Å². The van der Waals surface area contributed by atoms with Crippen LogP contribution in [-0.2, 0) is 0 Å². The van der Waals surface area contributed by atoms with Crippen molar-refractivity contribution >= 4 is 11.7 Å². The number of likely N-dealkylation sites (tertiary alicyclic amines) is 1. The van der Waals surface area contributed by atoms with Gasteiger partial charge in [-0.3, -0.25) is 9.78 Å². The number of amides is 1. The molecule has 0 aromatic carbocycles. The van der Waals surface area contributed by atoms with Gasteiger partial charge in [-0.05, 0) is 18.8 Å². The third kappa shape index (κ3) is 2.72. The van der Waals surface area contributed by atoms with E-state index in [1.54, 1.807) is 13.2 Å². The van der Waals surface area contributed by atoms with Crippen molar-refractivity contribution in [1.82, 2.24) is 14.9 Å². The van der Waals surface area contributed by atoms with Gasteiger partial charge >= 0.3 is 0 Å². The molecule has 2 heterocycles. The maximum Gasteiger partial charge on any atom is 0.274 e. The van der Waals surface area contributed by atoms with Gasteiger partial charge in [-0.1, -0.05) is 6.92 Å². The van der Waals surface area contributed by atoms with Gasteiger partial charge in [0.1, 0.15) is 11.5 Å². The smallest absolute Gasteiger partial charge is 0.274 e. The molecule has 0 spiro atoms. The van der Waals surface area contributed by atoms with E-state index in [1.165, 1.54) is 6.20 Å². The highest BCUT2D eigenvalue weighted by Crippen LogP contribution is 2.17. The Hall–Kier alpha value is -1.65. The summed E-state index contributed by atoms with van der Waals surface area (Å²) in [4.78, 5) is 22.3. The predicted octanol–water partition coefficient (Wildman–Crippen LogP) is 1.39. The van der Waals surface area contributed by atoms with Crippen molar-refractivity contribution in [3.63, 3.8) is 0 Å². The number of aromatic nitrogens is 2. The maximum absolute atomic E-state index is 12.2. The first-order valence-electron chi connectivity index (χ1n) is 5.99. The van der Waals surface area contributed by atoms with E-state index in [2.05, 4.69) is 22.2 Å². The van der Waals surface area contributed by atoms with Gasteiger partial charge in [0.25, 0.3) is 5.91 Å². The Bertz CT molecular complexity index is 399. The van der Waals surface area contributed by atoms with Gasteiger partial charge in [-0.2, -0.15) is 0 Å². The number of hydrogen-bond donors (Lipinski definition) is 1. The standard InChI is InChI=1S/C12H18N4O/c1-9-3-5-16(6-4-9)12(17)10-7-14-8-11(13-2)15-10/h7-9H,3-6H2,1-2H3,(H,13,15). The zero-order chi connectivity index (χ0) is 12.3. The van der Waals surface area contributed by atoms with Gasteiger partial charge in [-0.25, -0.2) is 4.98 Å². The first-order chi connectivity index (χ1) is 8.20. The Morgan fingerprint density at radius 3 is 2.76 bits per heavy atom. The largest absolute Gasteiger partial charge is 0.372 e. The molecule has 1 aromatic rings. The van der Waals surface area contributed by atoms with Crippen LogP contribution in [0.3, 0.4) is 0 Å². The highest BCUT2D eigenvalue weighted by molar-refractivity contribution is 5.92. The third-order valence-electron chi connectivity index (χ3n) is 3.18. The van der Waals surface area contributed by atoms with E-state index in [-0.39, 0.29) is 5.91 Å². The Morgan fingerprint density at radius 1 is 1.41 bits per heavy atom. The minimum Gasteiger partial charge on any atom is -0.372 e. The molecule has 1 saturated heterocycles. The van der Waals surface area contributed by atoms with Gasteiger partial charge in [0.05, 0.1) is 12.4 Å². The molecule has 5 nitrogen and oxygen atoms in total. The van der Waals surface area contributed by atoms with E-state index in [4.69, 9.17) is 0 Å². The highest BCUT2D eigenvalue weighted by atomic mass is 16.2. The summed E-state index contributed by atoms with van der Waals surface area (Å²) < 4.78 is 0. The van der Waals surface area contributed by atoms with Crippen molar-refractivity contribution in [2.75, 3.05) is 25.5 Å². The third-order valence-corrected chi connectivity index (χ3v) is 3.18. The second kappa shape index (κ2) is 5.12. The van der Waals surface area contributed by atoms with Crippen LogP contribution in [0.25, 0.3) is 0 Å². The number of anilines is 1. The zero-order valence-electron chi connectivity index (χ0n) is 10.3. The van der Waals surface area contributed by atoms with E-state index < -0.39 is 0 Å². The molecular weight excluding hydrogens is 216 g/mol. The van der Waals surface area contributed by atoms with Crippen LogP contribution in [0, 0.1) is 5.92 Å². The van der Waals surface area contributed by atoms with E-state index in [0.29, 0.717) is 17.4 Å². The maximum atomic E-state index is 12.2. The number of nitrogens with zero attached hydrogens (tertiary/aromatic N) is 3. The lowest BCUT2D eigenvalue weighted by Crippen LogP contribution is -2.38. The molecule has 1 aromatic heterocycles. The molecule has 0 unspecified atom stereocenters. The summed E-state index contributed by atoms with van der Waals surface area (Å²) in [6, 6.07) is 0. The second-order valence-corrected chi connectivity index (χ2v) is 4.51. The quantitative estimate of drug-likeness (QED) is 0.840. The SMILES string of the molecule is CNc1cncc(C(=O)N2CCC(C)CC2)n1. The molecule has 1 N–H and O–H groups in total. The molecule has 1 aliphatic rings. The molecule has 2 rings (SSSR count). The molecular formula is C12H18N4O. The summed E-state index contributed by atoms with van der Waals surface area (Å²) in [5.74, 6) is 1.33. The summed E-state index contributed by atoms with van der Waals surface area (Å²) >= 11 is 0. The van der Waals surface area contributed by atoms with Crippen molar-refractivity contribution in [2.45, 2.75) is 19.8 Å². The summed E-state index contributed by atoms with van der Waals surface area (Å²) in [7, 11) is 1.76. The van der Waals surface area contributed by atoms with Crippen LogP contribution < -0.4 is 5.32 Å². The lowest BCUT2D eigenvalue weighted by Gasteiger charge is -2.29. The number of rotatable bonds is 2. The van der Waals surface area contributed by atoms with Crippen molar-refractivity contribution in [2.24, 2.45) is 5.92 Å². The minimum atomic E-state index is -0.0125. The first-order valence-corrected chi connectivity index (χ1v) is 5.99. The molecule has 5 heteroatoms. The Balaban J connectivity index is 2.08. The number of nitrogens with one attached hydrogen (secondary N) is 1. The molecule has 1 fully saturated rings. The molecule has 92 valence electrons. The fraction of sp³-hybridized carbons (Fsp3) is 0.583. The number of carbonyl (C=O) groups excluding carboxylic acids is 1. The summed E-state index contributed by atoms with van der Waals surface area (Å²) in [5.41, 5.74) is 0.423. The first kappa shape index (κ1) is 11.8. The molecule has 17 heavy (non-hydrogen) atoms. The van der Waals surface area contributed by atoms with Gasteiger partial charge in [0.2, 0.25) is 0 Å². The topological polar surface area (TPSA) is 58.1 Å². The van der Waals surface area contributed by atoms with E-state index in [9.17, 15) is 4.79 Å². The van der Waals surface area contributed by atoms with Crippen molar-refractivity contribution in [3.05, 3.63) is 18.1 Å². The normalized spacial score (nSPS) is 16.9. The lowest BCUT2D eigenvalue weighted by atomic mass is 9.99. The summed E-state index contributed by atoms with van der Waals surface area (Å²) in [6.07, 6.45) is 5.28. The molecule has 0 aliphatic carbocycles. The predicted molar refractivity (Wildman–Crippen MR) is 65.9 cm³/mol. The van der Waals surface area contributed by atoms with Crippen molar-refractivity contribution in [3.8, 4) is 0 Å². The second-order valence-electron chi connectivity index (χ2n) is 4.51. The van der Waals surface area contributed by atoms with Crippen LogP contribution in [0.5, 0.6) is 0 Å². The highest BCUT2D eigenvalue weighted by Gasteiger charge is 2.22. The summed E-state index contributed by atoms with van der Waals surface area (Å²) in [5, 5.41) is 2.89. The van der Waals surface area contributed by atoms with Crippen LogP contribution in [0.2, 0.25) is 0 Å². The number of piperidine rings is 1. The van der Waals surface area contributed by atoms with Gasteiger partial charge in [-0.15, -0.1) is 0 Å². The Kier molecular flexibility index (Phi) is 3.56. The lowest BCUT2D eigenvalue weighted by molar-refractivity contribution is 0.0691. The fourth-order valence-electron chi connectivity index (χ4n) is 1.96. The molecule has 0 bridgehead atoms. The number of carbonyl (C=O) groups is 1. The van der Waals surface area contributed by atoms with Gasteiger partial charge in [0, 0.05) is 20.1 Å². The van der Waals surface area contributed by atoms with Crippen molar-refractivity contribution < 1.29 is 4.79 Å². The van der Waals surface area contributed by atoms with Crippen LogP contribution in [0.1, 0.15) is 30.3 Å². The van der Waals surface area contributed by atoms with Crippen LogP contribution in [0.4, 0.5) is 5.82 Å². The van der Waals surface area contributed by atoms with Crippen LogP contribution in [0.15, 0.2) is 12.4 Å². The summed E-state index contributed by atoms with van der Waals surface area (Å²) in [6.45, 7) is 3.88. The van der Waals surface area contributed by atoms with Crippen LogP contribution in [-0.4, -0.2) is 40.9 Å². The number of hydrogen-bond acceptors (Lipinski definition) is 4. The zero-order valence-corrected chi connectivity index (χ0v) is 10.3. The van der Waals surface area contributed by atoms with E-state index in [0.717, 1.165) is 25.9 Å². The van der Waals surface area contributed by atoms with E-state index >= 15 is 0 Å². The van der Waals surface area contributed by atoms with Gasteiger partial charge in [0.15, 0.2) is 0 Å².